The van der Waals surface area contributed by atoms with E-state index in [1.807, 2.05) is 18.7 Å². The second-order valence-electron chi connectivity index (χ2n) is 4.96. The highest BCUT2D eigenvalue weighted by Gasteiger charge is 2.38. The lowest BCUT2D eigenvalue weighted by molar-refractivity contribution is -0.148. The third kappa shape index (κ3) is 5.30. The third-order valence-electron chi connectivity index (χ3n) is 3.05. The van der Waals surface area contributed by atoms with Crippen LogP contribution < -0.4 is 5.32 Å². The van der Waals surface area contributed by atoms with Crippen LogP contribution in [0.25, 0.3) is 0 Å². The van der Waals surface area contributed by atoms with Crippen LogP contribution in [-0.2, 0) is 9.53 Å². The fourth-order valence-electron chi connectivity index (χ4n) is 1.91. The molecule has 1 N–H and O–H groups in total. The number of rotatable bonds is 9. The minimum atomic E-state index is -0.483. The number of thioether (sulfide) groups is 1. The van der Waals surface area contributed by atoms with Gasteiger partial charge in [-0.1, -0.05) is 6.92 Å². The van der Waals surface area contributed by atoms with Crippen LogP contribution in [0.3, 0.4) is 0 Å². The summed E-state index contributed by atoms with van der Waals surface area (Å²) in [5.41, 5.74) is -0.483. The number of nitrogens with one attached hydrogen (secondary N) is 1. The second kappa shape index (κ2) is 7.27. The summed E-state index contributed by atoms with van der Waals surface area (Å²) in [7, 11) is 1.47. The molecule has 1 saturated carbocycles. The van der Waals surface area contributed by atoms with E-state index in [0.29, 0.717) is 6.04 Å². The SMILES string of the molecule is CCCSCCCC(C)(NC1CC1)C(=O)OC. The predicted octanol–water partition coefficient (Wildman–Crippen LogP) is 2.59. The van der Waals surface area contributed by atoms with Crippen LogP contribution in [0.2, 0.25) is 0 Å². The van der Waals surface area contributed by atoms with Crippen LogP contribution in [0.15, 0.2) is 0 Å². The Morgan fingerprint density at radius 3 is 2.71 bits per heavy atom. The summed E-state index contributed by atoms with van der Waals surface area (Å²) >= 11 is 1.97. The number of esters is 1. The van der Waals surface area contributed by atoms with Crippen LogP contribution in [0, 0.1) is 0 Å². The normalized spacial score (nSPS) is 18.8. The lowest BCUT2D eigenvalue weighted by Crippen LogP contribution is -2.51. The van der Waals surface area contributed by atoms with Crippen LogP contribution in [0.1, 0.15) is 46.0 Å². The standard InChI is InChI=1S/C13H25NO2S/c1-4-9-17-10-5-8-13(2,12(15)16-3)14-11-6-7-11/h11,14H,4-10H2,1-3H3. The van der Waals surface area contributed by atoms with E-state index in [2.05, 4.69) is 12.2 Å². The molecule has 0 bridgehead atoms. The zero-order valence-electron chi connectivity index (χ0n) is 11.3. The van der Waals surface area contributed by atoms with Crippen molar-refractivity contribution in [1.29, 1.82) is 0 Å². The maximum absolute atomic E-state index is 11.8. The Bertz CT molecular complexity index is 244. The van der Waals surface area contributed by atoms with E-state index >= 15 is 0 Å². The van der Waals surface area contributed by atoms with Gasteiger partial charge in [0, 0.05) is 6.04 Å². The van der Waals surface area contributed by atoms with Crippen molar-refractivity contribution in [2.75, 3.05) is 18.6 Å². The number of carbonyl (C=O) groups excluding carboxylic acids is 1. The van der Waals surface area contributed by atoms with Crippen LogP contribution >= 0.6 is 11.8 Å². The summed E-state index contributed by atoms with van der Waals surface area (Å²) in [6.45, 7) is 4.17. The van der Waals surface area contributed by atoms with Crippen LogP contribution in [-0.4, -0.2) is 36.2 Å². The average molecular weight is 259 g/mol. The Labute approximate surface area is 109 Å². The van der Waals surface area contributed by atoms with Gasteiger partial charge in [-0.15, -0.1) is 0 Å². The summed E-state index contributed by atoms with van der Waals surface area (Å²) < 4.78 is 4.91. The summed E-state index contributed by atoms with van der Waals surface area (Å²) in [5, 5.41) is 3.43. The Morgan fingerprint density at radius 1 is 1.47 bits per heavy atom. The molecule has 0 aromatic heterocycles. The summed E-state index contributed by atoms with van der Waals surface area (Å²) in [6, 6.07) is 0.530. The van der Waals surface area contributed by atoms with Gasteiger partial charge in [-0.25, -0.2) is 0 Å². The number of methoxy groups -OCH3 is 1. The molecule has 1 atom stereocenters. The van der Waals surface area contributed by atoms with E-state index in [0.717, 1.165) is 18.6 Å². The first-order chi connectivity index (χ1) is 8.12. The highest BCUT2D eigenvalue weighted by molar-refractivity contribution is 7.99. The van der Waals surface area contributed by atoms with Crippen molar-refractivity contribution < 1.29 is 9.53 Å². The number of hydrogen-bond donors (Lipinski definition) is 1. The van der Waals surface area contributed by atoms with Crippen molar-refractivity contribution in [3.8, 4) is 0 Å². The van der Waals surface area contributed by atoms with E-state index < -0.39 is 5.54 Å². The maximum Gasteiger partial charge on any atom is 0.325 e. The molecule has 1 unspecified atom stereocenters. The first kappa shape index (κ1) is 14.8. The zero-order valence-corrected chi connectivity index (χ0v) is 12.1. The molecular formula is C13H25NO2S. The van der Waals surface area contributed by atoms with Crippen molar-refractivity contribution in [3.63, 3.8) is 0 Å². The number of carbonyl (C=O) groups is 1. The van der Waals surface area contributed by atoms with Gasteiger partial charge in [0.25, 0.3) is 0 Å². The molecule has 1 fully saturated rings. The molecule has 17 heavy (non-hydrogen) atoms. The lowest BCUT2D eigenvalue weighted by Gasteiger charge is -2.28. The highest BCUT2D eigenvalue weighted by atomic mass is 32.2. The van der Waals surface area contributed by atoms with E-state index in [1.165, 1.54) is 32.1 Å². The molecule has 0 radical (unpaired) electrons. The molecule has 0 aliphatic heterocycles. The van der Waals surface area contributed by atoms with Gasteiger partial charge in [-0.05, 0) is 50.5 Å². The Hall–Kier alpha value is -0.220. The predicted molar refractivity (Wildman–Crippen MR) is 73.4 cm³/mol. The number of ether oxygens (including phenoxy) is 1. The molecule has 0 aromatic rings. The Kier molecular flexibility index (Phi) is 6.34. The van der Waals surface area contributed by atoms with Crippen LogP contribution in [0.4, 0.5) is 0 Å². The minimum absolute atomic E-state index is 0.120. The largest absolute Gasteiger partial charge is 0.468 e. The Morgan fingerprint density at radius 2 is 2.18 bits per heavy atom. The van der Waals surface area contributed by atoms with E-state index in [4.69, 9.17) is 4.74 Å². The van der Waals surface area contributed by atoms with E-state index in [1.54, 1.807) is 0 Å². The first-order valence-corrected chi connectivity index (χ1v) is 7.71. The van der Waals surface area contributed by atoms with Crippen molar-refractivity contribution >= 4 is 17.7 Å². The zero-order chi connectivity index (χ0) is 12.7. The van der Waals surface area contributed by atoms with E-state index in [-0.39, 0.29) is 5.97 Å². The molecule has 1 aliphatic carbocycles. The summed E-state index contributed by atoms with van der Waals surface area (Å²) in [6.07, 6.45) is 5.54. The van der Waals surface area contributed by atoms with Crippen molar-refractivity contribution in [2.24, 2.45) is 0 Å². The fourth-order valence-corrected chi connectivity index (χ4v) is 2.75. The smallest absolute Gasteiger partial charge is 0.325 e. The fraction of sp³-hybridized carbons (Fsp3) is 0.923. The molecule has 4 heteroatoms. The molecule has 0 heterocycles. The quantitative estimate of drug-likeness (QED) is 0.510. The molecule has 0 aromatic carbocycles. The number of hydrogen-bond acceptors (Lipinski definition) is 4. The lowest BCUT2D eigenvalue weighted by atomic mass is 9.96. The molecule has 0 amide bonds. The summed E-state index contributed by atoms with van der Waals surface area (Å²) in [5.74, 6) is 2.22. The van der Waals surface area contributed by atoms with Crippen molar-refractivity contribution in [3.05, 3.63) is 0 Å². The topological polar surface area (TPSA) is 38.3 Å². The second-order valence-corrected chi connectivity index (χ2v) is 6.18. The van der Waals surface area contributed by atoms with Gasteiger partial charge in [0.05, 0.1) is 7.11 Å². The van der Waals surface area contributed by atoms with Gasteiger partial charge in [0.2, 0.25) is 0 Å². The van der Waals surface area contributed by atoms with Gasteiger partial charge < -0.3 is 4.74 Å². The molecule has 1 rings (SSSR count). The van der Waals surface area contributed by atoms with Gasteiger partial charge in [-0.2, -0.15) is 11.8 Å². The summed E-state index contributed by atoms with van der Waals surface area (Å²) in [4.78, 5) is 11.8. The van der Waals surface area contributed by atoms with Gasteiger partial charge in [-0.3, -0.25) is 10.1 Å². The van der Waals surface area contributed by atoms with Crippen LogP contribution in [0.5, 0.6) is 0 Å². The van der Waals surface area contributed by atoms with Crippen molar-refractivity contribution in [1.82, 2.24) is 5.32 Å². The third-order valence-corrected chi connectivity index (χ3v) is 4.32. The molecular weight excluding hydrogens is 234 g/mol. The molecule has 0 saturated heterocycles. The van der Waals surface area contributed by atoms with Gasteiger partial charge in [0.15, 0.2) is 0 Å². The van der Waals surface area contributed by atoms with Gasteiger partial charge >= 0.3 is 5.97 Å². The highest BCUT2D eigenvalue weighted by Crippen LogP contribution is 2.26. The molecule has 1 aliphatic rings. The molecule has 100 valence electrons. The van der Waals surface area contributed by atoms with E-state index in [9.17, 15) is 4.79 Å². The van der Waals surface area contributed by atoms with Gasteiger partial charge in [0.1, 0.15) is 5.54 Å². The molecule has 0 spiro atoms. The monoisotopic (exact) mass is 259 g/mol. The average Bonchev–Trinajstić information content (AvgIpc) is 3.11. The maximum atomic E-state index is 11.8. The first-order valence-electron chi connectivity index (χ1n) is 6.56. The minimum Gasteiger partial charge on any atom is -0.468 e. The van der Waals surface area contributed by atoms with Crippen molar-refractivity contribution in [2.45, 2.75) is 57.5 Å². The molecule has 3 nitrogen and oxygen atoms in total. The Balaban J connectivity index is 2.31.